The number of carbonyl (C=O) groups excluding carboxylic acids is 1. The molecule has 9 heteroatoms. The maximum absolute atomic E-state index is 12.8. The minimum absolute atomic E-state index is 0.183. The molecule has 0 bridgehead atoms. The van der Waals surface area contributed by atoms with Crippen LogP contribution in [0.15, 0.2) is 12.2 Å². The molecular weight excluding hydrogens is 550 g/mol. The molecule has 0 aliphatic carbocycles. The normalized spacial score (nSPS) is 23.9. The number of unbranched alkanes of at least 4 members (excludes halogenated alkanes) is 17. The van der Waals surface area contributed by atoms with Crippen LogP contribution in [0.4, 0.5) is 0 Å². The molecule has 9 nitrogen and oxygen atoms in total. The van der Waals surface area contributed by atoms with Crippen molar-refractivity contribution in [2.45, 2.75) is 185 Å². The second-order valence-electron chi connectivity index (χ2n) is 12.3. The van der Waals surface area contributed by atoms with Gasteiger partial charge in [0.1, 0.15) is 24.4 Å². The second kappa shape index (κ2) is 26.2. The van der Waals surface area contributed by atoms with Crippen LogP contribution in [0.1, 0.15) is 142 Å². The molecule has 0 spiro atoms. The molecule has 1 fully saturated rings. The lowest BCUT2D eigenvalue weighted by molar-refractivity contribution is -0.302. The topological polar surface area (TPSA) is 149 Å². The minimum atomic E-state index is -1.56. The lowest BCUT2D eigenvalue weighted by atomic mass is 9.99. The van der Waals surface area contributed by atoms with E-state index in [0.717, 1.165) is 38.5 Å². The van der Waals surface area contributed by atoms with E-state index < -0.39 is 49.5 Å². The number of nitrogens with one attached hydrogen (secondary N) is 1. The average Bonchev–Trinajstić information content (AvgIpc) is 3.00. The number of aliphatic hydroxyl groups is 5. The van der Waals surface area contributed by atoms with Crippen molar-refractivity contribution in [3.8, 4) is 0 Å². The molecule has 0 aromatic heterocycles. The molecular formula is C34H65NO8. The van der Waals surface area contributed by atoms with Crippen molar-refractivity contribution in [2.75, 3.05) is 13.2 Å². The van der Waals surface area contributed by atoms with Crippen molar-refractivity contribution < 1.29 is 39.8 Å². The Kier molecular flexibility index (Phi) is 24.3. The maximum Gasteiger partial charge on any atom is 0.220 e. The summed E-state index contributed by atoms with van der Waals surface area (Å²) in [6.45, 7) is 3.70. The van der Waals surface area contributed by atoms with E-state index in [1.54, 1.807) is 6.08 Å². The number of allylic oxidation sites excluding steroid dienone is 1. The number of carbonyl (C=O) groups is 1. The van der Waals surface area contributed by atoms with Crippen LogP contribution in [0.2, 0.25) is 0 Å². The van der Waals surface area contributed by atoms with Crippen LogP contribution < -0.4 is 5.32 Å². The Morgan fingerprint density at radius 2 is 1.28 bits per heavy atom. The standard InChI is InChI=1S/C34H65NO8/c1-3-5-7-9-11-13-15-17-19-21-23-28(37)27(26-42-34-33(41)32(40)31(39)29(25-36)43-34)35-30(38)24-22-20-18-16-14-12-10-8-6-4-2/h21,23,27-29,31-34,36-37,39-41H,3-20,22,24-26H2,1-2H3,(H,35,38)/b23-21+/t27-,28+,29+,31+,32?,33?,34+/m0/s1. The van der Waals surface area contributed by atoms with Crippen molar-refractivity contribution in [3.63, 3.8) is 0 Å². The largest absolute Gasteiger partial charge is 0.394 e. The van der Waals surface area contributed by atoms with Crippen molar-refractivity contribution in [2.24, 2.45) is 0 Å². The van der Waals surface area contributed by atoms with E-state index >= 15 is 0 Å². The molecule has 43 heavy (non-hydrogen) atoms. The molecule has 1 heterocycles. The summed E-state index contributed by atoms with van der Waals surface area (Å²) >= 11 is 0. The minimum Gasteiger partial charge on any atom is -0.394 e. The molecule has 7 atom stereocenters. The van der Waals surface area contributed by atoms with E-state index in [9.17, 15) is 30.3 Å². The van der Waals surface area contributed by atoms with Crippen LogP contribution in [0.25, 0.3) is 0 Å². The van der Waals surface area contributed by atoms with Crippen LogP contribution in [-0.2, 0) is 14.3 Å². The summed E-state index contributed by atoms with van der Waals surface area (Å²) in [5.74, 6) is -0.183. The Labute approximate surface area is 261 Å². The highest BCUT2D eigenvalue weighted by atomic mass is 16.7. The van der Waals surface area contributed by atoms with E-state index in [1.807, 2.05) is 6.08 Å². The highest BCUT2D eigenvalue weighted by Gasteiger charge is 2.44. The van der Waals surface area contributed by atoms with Gasteiger partial charge in [0.05, 0.1) is 25.4 Å². The Balaban J connectivity index is 2.52. The zero-order valence-electron chi connectivity index (χ0n) is 27.2. The third kappa shape index (κ3) is 18.5. The monoisotopic (exact) mass is 615 g/mol. The number of amides is 1. The van der Waals surface area contributed by atoms with Crippen LogP contribution in [0.3, 0.4) is 0 Å². The van der Waals surface area contributed by atoms with Crippen LogP contribution in [0.5, 0.6) is 0 Å². The van der Waals surface area contributed by atoms with E-state index in [0.29, 0.717) is 6.42 Å². The second-order valence-corrected chi connectivity index (χ2v) is 12.3. The van der Waals surface area contributed by atoms with Crippen LogP contribution in [0, 0.1) is 0 Å². The van der Waals surface area contributed by atoms with Gasteiger partial charge in [-0.2, -0.15) is 0 Å². The number of rotatable bonds is 27. The van der Waals surface area contributed by atoms with Crippen molar-refractivity contribution >= 4 is 5.91 Å². The summed E-state index contributed by atoms with van der Waals surface area (Å²) < 4.78 is 11.1. The van der Waals surface area contributed by atoms with E-state index in [4.69, 9.17) is 9.47 Å². The van der Waals surface area contributed by atoms with Gasteiger partial charge in [0, 0.05) is 6.42 Å². The van der Waals surface area contributed by atoms with Crippen LogP contribution >= 0.6 is 0 Å². The van der Waals surface area contributed by atoms with Crippen molar-refractivity contribution in [3.05, 3.63) is 12.2 Å². The average molecular weight is 616 g/mol. The molecule has 0 aromatic rings. The van der Waals surface area contributed by atoms with Gasteiger partial charge in [0.2, 0.25) is 5.91 Å². The van der Waals surface area contributed by atoms with Gasteiger partial charge in [-0.05, 0) is 19.3 Å². The first-order valence-corrected chi connectivity index (χ1v) is 17.4. The first kappa shape index (κ1) is 40.0. The lowest BCUT2D eigenvalue weighted by Crippen LogP contribution is -2.60. The summed E-state index contributed by atoms with van der Waals surface area (Å²) in [4.78, 5) is 12.8. The maximum atomic E-state index is 12.8. The zero-order chi connectivity index (χ0) is 31.7. The van der Waals surface area contributed by atoms with Gasteiger partial charge in [-0.15, -0.1) is 0 Å². The molecule has 1 aliphatic rings. The highest BCUT2D eigenvalue weighted by molar-refractivity contribution is 5.76. The van der Waals surface area contributed by atoms with Crippen molar-refractivity contribution in [1.82, 2.24) is 5.32 Å². The molecule has 1 amide bonds. The highest BCUT2D eigenvalue weighted by Crippen LogP contribution is 2.22. The van der Waals surface area contributed by atoms with Crippen molar-refractivity contribution in [1.29, 1.82) is 0 Å². The summed E-state index contributed by atoms with van der Waals surface area (Å²) in [5.41, 5.74) is 0. The Morgan fingerprint density at radius 3 is 1.81 bits per heavy atom. The molecule has 2 unspecified atom stereocenters. The molecule has 6 N–H and O–H groups in total. The smallest absolute Gasteiger partial charge is 0.220 e. The number of hydrogen-bond acceptors (Lipinski definition) is 8. The summed E-state index contributed by atoms with van der Waals surface area (Å²) in [7, 11) is 0. The van der Waals surface area contributed by atoms with Crippen LogP contribution in [-0.4, -0.2) is 87.5 Å². The van der Waals surface area contributed by atoms with Gasteiger partial charge < -0.3 is 40.3 Å². The van der Waals surface area contributed by atoms with Gasteiger partial charge in [-0.3, -0.25) is 4.79 Å². The fourth-order valence-electron chi connectivity index (χ4n) is 5.45. The summed E-state index contributed by atoms with van der Waals surface area (Å²) in [6, 6.07) is -0.794. The Hall–Kier alpha value is -1.07. The number of hydrogen-bond donors (Lipinski definition) is 6. The quantitative estimate of drug-likeness (QED) is 0.0556. The summed E-state index contributed by atoms with van der Waals surface area (Å²) in [6.07, 6.45) is 18.3. The molecule has 254 valence electrons. The Morgan fingerprint density at radius 1 is 0.767 bits per heavy atom. The third-order valence-corrected chi connectivity index (χ3v) is 8.36. The third-order valence-electron chi connectivity index (χ3n) is 8.36. The van der Waals surface area contributed by atoms with Gasteiger partial charge in [0.25, 0.3) is 0 Å². The number of ether oxygens (including phenoxy) is 2. The SMILES string of the molecule is CCCCCCCCCC/C=C/[C@@H](O)[C@H](CO[C@@H]1O[C@H](CO)[C@@H](O)C(O)C1O)NC(=O)CCCCCCCCCCCC. The van der Waals surface area contributed by atoms with Gasteiger partial charge in [0.15, 0.2) is 6.29 Å². The lowest BCUT2D eigenvalue weighted by Gasteiger charge is -2.40. The Bertz CT molecular complexity index is 691. The molecule has 0 saturated carbocycles. The zero-order valence-corrected chi connectivity index (χ0v) is 27.2. The fourth-order valence-corrected chi connectivity index (χ4v) is 5.45. The molecule has 1 aliphatic heterocycles. The van der Waals surface area contributed by atoms with E-state index in [2.05, 4.69) is 19.2 Å². The first-order chi connectivity index (χ1) is 20.8. The molecule has 0 radical (unpaired) electrons. The van der Waals surface area contributed by atoms with Gasteiger partial charge in [-0.25, -0.2) is 0 Å². The predicted octanol–water partition coefficient (Wildman–Crippen LogP) is 5.05. The van der Waals surface area contributed by atoms with Gasteiger partial charge >= 0.3 is 0 Å². The predicted molar refractivity (Wildman–Crippen MR) is 170 cm³/mol. The number of aliphatic hydroxyl groups excluding tert-OH is 5. The fraction of sp³-hybridized carbons (Fsp3) is 0.912. The van der Waals surface area contributed by atoms with Gasteiger partial charge in [-0.1, -0.05) is 129 Å². The molecule has 1 saturated heterocycles. The van der Waals surface area contributed by atoms with E-state index in [-0.39, 0.29) is 12.5 Å². The summed E-state index contributed by atoms with van der Waals surface area (Å²) in [5, 5.41) is 53.6. The van der Waals surface area contributed by atoms with E-state index in [1.165, 1.54) is 83.5 Å². The molecule has 0 aromatic carbocycles. The first-order valence-electron chi connectivity index (χ1n) is 17.4. The molecule has 1 rings (SSSR count).